The van der Waals surface area contributed by atoms with E-state index in [0.717, 1.165) is 17.7 Å². The molecule has 144 valence electrons. The molecule has 1 N–H and O–H groups in total. The van der Waals surface area contributed by atoms with Gasteiger partial charge in [0.15, 0.2) is 0 Å². The molecule has 0 saturated carbocycles. The number of nitrogens with zero attached hydrogens (tertiary/aromatic N) is 1. The summed E-state index contributed by atoms with van der Waals surface area (Å²) < 4.78 is 0. The molecule has 0 aromatic heterocycles. The van der Waals surface area contributed by atoms with Crippen molar-refractivity contribution < 1.29 is 4.79 Å². The second-order valence-electron chi connectivity index (χ2n) is 7.17. The van der Waals surface area contributed by atoms with E-state index in [2.05, 4.69) is 34.5 Å². The summed E-state index contributed by atoms with van der Waals surface area (Å²) in [5, 5.41) is 4.23. The average molecular weight is 405 g/mol. The number of benzene rings is 2. The number of piperidine rings is 1. The highest BCUT2D eigenvalue weighted by atomic mass is 35.5. The lowest BCUT2D eigenvalue weighted by atomic mass is 10.1. The highest BCUT2D eigenvalue weighted by molar-refractivity contribution is 6.35. The van der Waals surface area contributed by atoms with Crippen LogP contribution in [0.25, 0.3) is 0 Å². The number of carbonyl (C=O) groups is 1. The van der Waals surface area contributed by atoms with Gasteiger partial charge in [-0.25, -0.2) is 0 Å². The molecule has 2 aromatic rings. The van der Waals surface area contributed by atoms with E-state index in [1.54, 1.807) is 12.1 Å². The van der Waals surface area contributed by atoms with E-state index in [1.165, 1.54) is 37.9 Å². The third-order valence-electron chi connectivity index (χ3n) is 4.97. The number of aryl methyl sites for hydroxylation is 1. The molecule has 1 saturated heterocycles. The number of amides is 1. The Morgan fingerprint density at radius 2 is 1.78 bits per heavy atom. The van der Waals surface area contributed by atoms with Gasteiger partial charge < -0.3 is 5.32 Å². The van der Waals surface area contributed by atoms with Crippen molar-refractivity contribution in [2.75, 3.05) is 13.1 Å². The van der Waals surface area contributed by atoms with Crippen molar-refractivity contribution in [1.82, 2.24) is 10.2 Å². The molecule has 5 heteroatoms. The molecule has 3 nitrogen and oxygen atoms in total. The van der Waals surface area contributed by atoms with Crippen LogP contribution < -0.4 is 5.32 Å². The van der Waals surface area contributed by atoms with Crippen molar-refractivity contribution in [3.63, 3.8) is 0 Å². The molecule has 1 heterocycles. The van der Waals surface area contributed by atoms with Crippen molar-refractivity contribution in [3.05, 3.63) is 69.2 Å². The zero-order valence-corrected chi connectivity index (χ0v) is 17.0. The largest absolute Gasteiger partial charge is 0.352 e. The fraction of sp³-hybridized carbons (Fsp3) is 0.409. The van der Waals surface area contributed by atoms with Crippen LogP contribution in [0.4, 0.5) is 0 Å². The molecule has 0 unspecified atom stereocenters. The van der Waals surface area contributed by atoms with Crippen LogP contribution in [-0.2, 0) is 24.3 Å². The number of hydrogen-bond acceptors (Lipinski definition) is 2. The van der Waals surface area contributed by atoms with E-state index in [-0.39, 0.29) is 5.91 Å². The first kappa shape index (κ1) is 20.2. The van der Waals surface area contributed by atoms with E-state index < -0.39 is 0 Å². The van der Waals surface area contributed by atoms with Gasteiger partial charge in [0.1, 0.15) is 0 Å². The van der Waals surface area contributed by atoms with Crippen LogP contribution in [0.5, 0.6) is 0 Å². The van der Waals surface area contributed by atoms with Gasteiger partial charge in [-0.1, -0.05) is 60.0 Å². The topological polar surface area (TPSA) is 32.3 Å². The molecule has 1 amide bonds. The summed E-state index contributed by atoms with van der Waals surface area (Å²) in [7, 11) is 0. The SMILES string of the molecule is O=C(CCc1ccc(Cl)cc1Cl)NCc1cccc(CN2CCCCC2)c1. The van der Waals surface area contributed by atoms with Gasteiger partial charge in [0.05, 0.1) is 0 Å². The van der Waals surface area contributed by atoms with Crippen molar-refractivity contribution in [2.24, 2.45) is 0 Å². The number of hydrogen-bond donors (Lipinski definition) is 1. The molecule has 1 aliphatic rings. The molecule has 0 bridgehead atoms. The van der Waals surface area contributed by atoms with Gasteiger partial charge in [-0.05, 0) is 61.2 Å². The molecule has 1 fully saturated rings. The first-order chi connectivity index (χ1) is 13.1. The summed E-state index contributed by atoms with van der Waals surface area (Å²) in [6.45, 7) is 3.93. The predicted molar refractivity (Wildman–Crippen MR) is 112 cm³/mol. The Bertz CT molecular complexity index is 773. The lowest BCUT2D eigenvalue weighted by molar-refractivity contribution is -0.121. The Kier molecular flexibility index (Phi) is 7.57. The minimum atomic E-state index is 0.0300. The Hall–Kier alpha value is -1.55. The van der Waals surface area contributed by atoms with Crippen molar-refractivity contribution in [3.8, 4) is 0 Å². The third-order valence-corrected chi connectivity index (χ3v) is 5.56. The maximum atomic E-state index is 12.2. The molecule has 0 radical (unpaired) electrons. The fourth-order valence-corrected chi connectivity index (χ4v) is 3.98. The third kappa shape index (κ3) is 6.53. The number of likely N-dealkylation sites (tertiary alicyclic amines) is 1. The molecular formula is C22H26Cl2N2O. The zero-order valence-electron chi connectivity index (χ0n) is 15.5. The Morgan fingerprint density at radius 1 is 1.00 bits per heavy atom. The summed E-state index contributed by atoms with van der Waals surface area (Å²) in [4.78, 5) is 14.7. The standard InChI is InChI=1S/C22H26Cl2N2O/c23-20-9-7-19(21(24)14-20)8-10-22(27)25-15-17-5-4-6-18(13-17)16-26-11-2-1-3-12-26/h4-7,9,13-14H,1-3,8,10-12,15-16H2,(H,25,27). The molecule has 0 spiro atoms. The predicted octanol–water partition coefficient (Wildman–Crippen LogP) is 5.23. The Labute approximate surface area is 171 Å². The number of nitrogens with one attached hydrogen (secondary N) is 1. The van der Waals surface area contributed by atoms with Crippen molar-refractivity contribution in [2.45, 2.75) is 45.2 Å². The summed E-state index contributed by atoms with van der Waals surface area (Å²) in [6.07, 6.45) is 4.97. The van der Waals surface area contributed by atoms with E-state index in [0.29, 0.717) is 29.4 Å². The molecular weight excluding hydrogens is 379 g/mol. The smallest absolute Gasteiger partial charge is 0.220 e. The molecule has 3 rings (SSSR count). The van der Waals surface area contributed by atoms with E-state index >= 15 is 0 Å². The summed E-state index contributed by atoms with van der Waals surface area (Å²) >= 11 is 12.1. The monoisotopic (exact) mass is 404 g/mol. The quantitative estimate of drug-likeness (QED) is 0.684. The van der Waals surface area contributed by atoms with Gasteiger partial charge >= 0.3 is 0 Å². The summed E-state index contributed by atoms with van der Waals surface area (Å²) in [6, 6.07) is 13.9. The van der Waals surface area contributed by atoms with Gasteiger partial charge in [-0.3, -0.25) is 9.69 Å². The Morgan fingerprint density at radius 3 is 2.56 bits per heavy atom. The van der Waals surface area contributed by atoms with Gasteiger partial charge in [0.2, 0.25) is 5.91 Å². The highest BCUT2D eigenvalue weighted by Crippen LogP contribution is 2.22. The van der Waals surface area contributed by atoms with Crippen LogP contribution in [0.2, 0.25) is 10.0 Å². The lowest BCUT2D eigenvalue weighted by Gasteiger charge is -2.26. The van der Waals surface area contributed by atoms with Gasteiger partial charge in [0.25, 0.3) is 0 Å². The first-order valence-electron chi connectivity index (χ1n) is 9.61. The van der Waals surface area contributed by atoms with Crippen LogP contribution in [0.3, 0.4) is 0 Å². The molecule has 0 aliphatic carbocycles. The normalized spacial score (nSPS) is 14.9. The Balaban J connectivity index is 1.46. The maximum absolute atomic E-state index is 12.2. The lowest BCUT2D eigenvalue weighted by Crippen LogP contribution is -2.29. The number of halogens is 2. The van der Waals surface area contributed by atoms with Crippen LogP contribution in [0, 0.1) is 0 Å². The molecule has 1 aliphatic heterocycles. The van der Waals surface area contributed by atoms with Gasteiger partial charge in [-0.15, -0.1) is 0 Å². The molecule has 2 aromatic carbocycles. The minimum absolute atomic E-state index is 0.0300. The van der Waals surface area contributed by atoms with E-state index in [9.17, 15) is 4.79 Å². The maximum Gasteiger partial charge on any atom is 0.220 e. The second-order valence-corrected chi connectivity index (χ2v) is 8.01. The number of carbonyl (C=O) groups excluding carboxylic acids is 1. The fourth-order valence-electron chi connectivity index (χ4n) is 3.48. The van der Waals surface area contributed by atoms with Crippen LogP contribution in [0.15, 0.2) is 42.5 Å². The van der Waals surface area contributed by atoms with Crippen molar-refractivity contribution in [1.29, 1.82) is 0 Å². The summed E-state index contributed by atoms with van der Waals surface area (Å²) in [5.74, 6) is 0.0300. The highest BCUT2D eigenvalue weighted by Gasteiger charge is 2.11. The zero-order chi connectivity index (χ0) is 19.1. The van der Waals surface area contributed by atoms with Crippen LogP contribution >= 0.6 is 23.2 Å². The van der Waals surface area contributed by atoms with Crippen LogP contribution in [0.1, 0.15) is 42.4 Å². The van der Waals surface area contributed by atoms with Gasteiger partial charge in [-0.2, -0.15) is 0 Å². The van der Waals surface area contributed by atoms with Crippen LogP contribution in [-0.4, -0.2) is 23.9 Å². The minimum Gasteiger partial charge on any atom is -0.352 e. The number of rotatable bonds is 7. The van der Waals surface area contributed by atoms with Crippen molar-refractivity contribution >= 4 is 29.1 Å². The van der Waals surface area contributed by atoms with E-state index in [1.807, 2.05) is 6.07 Å². The first-order valence-corrected chi connectivity index (χ1v) is 10.4. The summed E-state index contributed by atoms with van der Waals surface area (Å²) in [5.41, 5.74) is 3.40. The average Bonchev–Trinajstić information content (AvgIpc) is 2.67. The second kappa shape index (κ2) is 10.1. The van der Waals surface area contributed by atoms with Gasteiger partial charge in [0, 0.05) is 29.6 Å². The molecule has 27 heavy (non-hydrogen) atoms. The molecule has 0 atom stereocenters. The van der Waals surface area contributed by atoms with E-state index in [4.69, 9.17) is 23.2 Å².